The highest BCUT2D eigenvalue weighted by atomic mass is 16.5. The number of likely N-dealkylation sites (tertiary alicyclic amines) is 1. The van der Waals surface area contributed by atoms with Gasteiger partial charge in [-0.05, 0) is 31.7 Å². The van der Waals surface area contributed by atoms with Crippen LogP contribution in [0.1, 0.15) is 32.6 Å². The molecule has 2 atom stereocenters. The summed E-state index contributed by atoms with van der Waals surface area (Å²) in [6.45, 7) is 6.05. The van der Waals surface area contributed by atoms with Crippen LogP contribution in [0.25, 0.3) is 0 Å². The van der Waals surface area contributed by atoms with Crippen LogP contribution < -0.4 is 0 Å². The molecule has 1 fully saturated rings. The van der Waals surface area contributed by atoms with Gasteiger partial charge in [0.25, 0.3) is 0 Å². The van der Waals surface area contributed by atoms with Crippen molar-refractivity contribution in [2.24, 2.45) is 5.92 Å². The number of hydrogen-bond acceptors (Lipinski definition) is 3. The van der Waals surface area contributed by atoms with Crippen molar-refractivity contribution in [2.45, 2.75) is 38.7 Å². The molecule has 0 aromatic rings. The number of aliphatic hydroxyl groups excluding tert-OH is 1. The Hall–Kier alpha value is -0.120. The number of methoxy groups -OCH3 is 1. The summed E-state index contributed by atoms with van der Waals surface area (Å²) in [5.74, 6) is 0.664. The maximum atomic E-state index is 9.74. The maximum absolute atomic E-state index is 9.74. The van der Waals surface area contributed by atoms with E-state index in [9.17, 15) is 5.11 Å². The van der Waals surface area contributed by atoms with Crippen molar-refractivity contribution < 1.29 is 9.84 Å². The highest BCUT2D eigenvalue weighted by Crippen LogP contribution is 2.17. The van der Waals surface area contributed by atoms with Crippen molar-refractivity contribution in [3.05, 3.63) is 0 Å². The molecule has 0 amide bonds. The Morgan fingerprint density at radius 2 is 2.33 bits per heavy atom. The Kier molecular flexibility index (Phi) is 6.22. The van der Waals surface area contributed by atoms with Gasteiger partial charge < -0.3 is 14.7 Å². The second kappa shape index (κ2) is 7.20. The highest BCUT2D eigenvalue weighted by Gasteiger charge is 2.21. The first-order valence-corrected chi connectivity index (χ1v) is 6.15. The minimum absolute atomic E-state index is 0.142. The van der Waals surface area contributed by atoms with Gasteiger partial charge in [-0.25, -0.2) is 0 Å². The molecular formula is C12H25NO2. The number of aliphatic hydroxyl groups is 1. The number of ether oxygens (including phenoxy) is 1. The molecule has 0 spiro atoms. The molecule has 0 bridgehead atoms. The second-order valence-corrected chi connectivity index (χ2v) is 4.67. The van der Waals surface area contributed by atoms with Crippen molar-refractivity contribution in [1.82, 2.24) is 4.90 Å². The topological polar surface area (TPSA) is 32.7 Å². The van der Waals surface area contributed by atoms with E-state index in [1.165, 1.54) is 12.8 Å². The molecule has 0 radical (unpaired) electrons. The standard InChI is InChI=1S/C12H25NO2/c1-3-5-12(14)9-13-7-4-6-11(8-13)10-15-2/h11-12,14H,3-10H2,1-2H3. The first-order chi connectivity index (χ1) is 7.26. The SMILES string of the molecule is CCCC(O)CN1CCCC(COC)C1. The smallest absolute Gasteiger partial charge is 0.0667 e. The molecule has 0 aromatic carbocycles. The van der Waals surface area contributed by atoms with Crippen LogP contribution in [0.3, 0.4) is 0 Å². The van der Waals surface area contributed by atoms with E-state index < -0.39 is 0 Å². The van der Waals surface area contributed by atoms with Gasteiger partial charge >= 0.3 is 0 Å². The summed E-state index contributed by atoms with van der Waals surface area (Å²) >= 11 is 0. The summed E-state index contributed by atoms with van der Waals surface area (Å²) in [5, 5.41) is 9.74. The van der Waals surface area contributed by atoms with Gasteiger partial charge in [-0.2, -0.15) is 0 Å². The van der Waals surface area contributed by atoms with Crippen LogP contribution in [-0.2, 0) is 4.74 Å². The number of nitrogens with zero attached hydrogens (tertiary/aromatic N) is 1. The quantitative estimate of drug-likeness (QED) is 0.729. The van der Waals surface area contributed by atoms with Crippen molar-refractivity contribution >= 4 is 0 Å². The van der Waals surface area contributed by atoms with E-state index in [0.29, 0.717) is 5.92 Å². The third-order valence-corrected chi connectivity index (χ3v) is 3.10. The summed E-state index contributed by atoms with van der Waals surface area (Å²) < 4.78 is 5.19. The lowest BCUT2D eigenvalue weighted by molar-refractivity contribution is 0.0535. The first kappa shape index (κ1) is 12.9. The molecule has 1 N–H and O–H groups in total. The van der Waals surface area contributed by atoms with E-state index in [4.69, 9.17) is 4.74 Å². The van der Waals surface area contributed by atoms with Crippen LogP contribution >= 0.6 is 0 Å². The van der Waals surface area contributed by atoms with E-state index in [1.54, 1.807) is 7.11 Å². The fourth-order valence-corrected chi connectivity index (χ4v) is 2.41. The van der Waals surface area contributed by atoms with Crippen molar-refractivity contribution in [3.63, 3.8) is 0 Å². The Morgan fingerprint density at radius 3 is 3.00 bits per heavy atom. The molecule has 90 valence electrons. The molecule has 2 unspecified atom stereocenters. The summed E-state index contributed by atoms with van der Waals surface area (Å²) in [4.78, 5) is 2.38. The Morgan fingerprint density at radius 1 is 1.53 bits per heavy atom. The van der Waals surface area contributed by atoms with Crippen LogP contribution in [0.2, 0.25) is 0 Å². The zero-order valence-electron chi connectivity index (χ0n) is 10.1. The zero-order valence-corrected chi connectivity index (χ0v) is 10.1. The zero-order chi connectivity index (χ0) is 11.1. The number of β-amino-alcohol motifs (C(OH)–C–C–N with tert-alkyl or cyclic N) is 1. The Bertz CT molecular complexity index is 160. The van der Waals surface area contributed by atoms with E-state index in [-0.39, 0.29) is 6.10 Å². The number of rotatable bonds is 6. The molecule has 0 aliphatic carbocycles. The molecule has 3 heteroatoms. The lowest BCUT2D eigenvalue weighted by atomic mass is 9.98. The predicted molar refractivity (Wildman–Crippen MR) is 62.0 cm³/mol. The van der Waals surface area contributed by atoms with Crippen LogP contribution in [0.15, 0.2) is 0 Å². The molecule has 1 heterocycles. The minimum Gasteiger partial charge on any atom is -0.392 e. The minimum atomic E-state index is -0.142. The molecule has 15 heavy (non-hydrogen) atoms. The molecule has 1 aliphatic heterocycles. The highest BCUT2D eigenvalue weighted by molar-refractivity contribution is 4.74. The van der Waals surface area contributed by atoms with Crippen LogP contribution in [-0.4, -0.2) is 49.5 Å². The van der Waals surface area contributed by atoms with Gasteiger partial charge in [0.1, 0.15) is 0 Å². The number of piperidine rings is 1. The van der Waals surface area contributed by atoms with Crippen molar-refractivity contribution in [3.8, 4) is 0 Å². The third-order valence-electron chi connectivity index (χ3n) is 3.10. The van der Waals surface area contributed by atoms with Gasteiger partial charge in [0, 0.05) is 20.2 Å². The summed E-state index contributed by atoms with van der Waals surface area (Å²) in [6, 6.07) is 0. The average Bonchev–Trinajstić information content (AvgIpc) is 2.19. The monoisotopic (exact) mass is 215 g/mol. The molecular weight excluding hydrogens is 190 g/mol. The number of hydrogen-bond donors (Lipinski definition) is 1. The molecule has 0 aromatic heterocycles. The van der Waals surface area contributed by atoms with Crippen molar-refractivity contribution in [1.29, 1.82) is 0 Å². The fourth-order valence-electron chi connectivity index (χ4n) is 2.41. The van der Waals surface area contributed by atoms with Gasteiger partial charge in [0.15, 0.2) is 0 Å². The molecule has 1 saturated heterocycles. The van der Waals surface area contributed by atoms with E-state index >= 15 is 0 Å². The lowest BCUT2D eigenvalue weighted by Gasteiger charge is -2.33. The van der Waals surface area contributed by atoms with Gasteiger partial charge in [-0.3, -0.25) is 0 Å². The van der Waals surface area contributed by atoms with Crippen molar-refractivity contribution in [2.75, 3.05) is 33.4 Å². The molecule has 1 rings (SSSR count). The predicted octanol–water partition coefficient (Wildman–Crippen LogP) is 1.51. The van der Waals surface area contributed by atoms with E-state index in [1.807, 2.05) is 0 Å². The molecule has 1 aliphatic rings. The third kappa shape index (κ3) is 4.96. The summed E-state index contributed by atoms with van der Waals surface area (Å²) in [7, 11) is 1.77. The van der Waals surface area contributed by atoms with Crippen LogP contribution in [0.4, 0.5) is 0 Å². The summed E-state index contributed by atoms with van der Waals surface area (Å²) in [6.07, 6.45) is 4.36. The van der Waals surface area contributed by atoms with Gasteiger partial charge in [-0.1, -0.05) is 13.3 Å². The second-order valence-electron chi connectivity index (χ2n) is 4.67. The summed E-state index contributed by atoms with van der Waals surface area (Å²) in [5.41, 5.74) is 0. The fraction of sp³-hybridized carbons (Fsp3) is 1.00. The van der Waals surface area contributed by atoms with E-state index in [2.05, 4.69) is 11.8 Å². The van der Waals surface area contributed by atoms with Gasteiger partial charge in [0.05, 0.1) is 12.7 Å². The Labute approximate surface area is 93.4 Å². The normalized spacial score (nSPS) is 25.4. The van der Waals surface area contributed by atoms with Gasteiger partial charge in [0.2, 0.25) is 0 Å². The van der Waals surface area contributed by atoms with Crippen LogP contribution in [0.5, 0.6) is 0 Å². The largest absolute Gasteiger partial charge is 0.392 e. The van der Waals surface area contributed by atoms with Crippen LogP contribution in [0, 0.1) is 5.92 Å². The van der Waals surface area contributed by atoms with Gasteiger partial charge in [-0.15, -0.1) is 0 Å². The average molecular weight is 215 g/mol. The Balaban J connectivity index is 2.23. The maximum Gasteiger partial charge on any atom is 0.0667 e. The lowest BCUT2D eigenvalue weighted by Crippen LogP contribution is -2.41. The van der Waals surface area contributed by atoms with E-state index in [0.717, 1.165) is 39.1 Å². The molecule has 0 saturated carbocycles. The first-order valence-electron chi connectivity index (χ1n) is 6.15. The molecule has 3 nitrogen and oxygen atoms in total.